The molecule has 2 aliphatic carbocycles. The van der Waals surface area contributed by atoms with Gasteiger partial charge in [-0.15, -0.1) is 0 Å². The summed E-state index contributed by atoms with van der Waals surface area (Å²) in [7, 11) is 3.43. The van der Waals surface area contributed by atoms with Crippen molar-refractivity contribution in [2.24, 2.45) is 0 Å². The van der Waals surface area contributed by atoms with Crippen molar-refractivity contribution in [3.63, 3.8) is 0 Å². The number of carbonyl (C=O) groups is 1. The third kappa shape index (κ3) is 3.36. The van der Waals surface area contributed by atoms with E-state index in [1.807, 2.05) is 6.07 Å². The molecule has 0 radical (unpaired) electrons. The van der Waals surface area contributed by atoms with E-state index in [2.05, 4.69) is 24.3 Å². The summed E-state index contributed by atoms with van der Waals surface area (Å²) in [6.45, 7) is 0. The van der Waals surface area contributed by atoms with Crippen molar-refractivity contribution in [3.05, 3.63) is 58.1 Å². The summed E-state index contributed by atoms with van der Waals surface area (Å²) in [5.74, 6) is 2.54. The van der Waals surface area contributed by atoms with E-state index in [-0.39, 0.29) is 0 Å². The van der Waals surface area contributed by atoms with E-state index in [4.69, 9.17) is 9.47 Å². The lowest BCUT2D eigenvalue weighted by Gasteiger charge is -2.39. The Balaban J connectivity index is 1.84. The minimum atomic E-state index is 0.378. The molecule has 3 nitrogen and oxygen atoms in total. The van der Waals surface area contributed by atoms with Crippen molar-refractivity contribution in [1.29, 1.82) is 0 Å². The Morgan fingerprint density at radius 3 is 2.22 bits per heavy atom. The van der Waals surface area contributed by atoms with Gasteiger partial charge < -0.3 is 9.47 Å². The summed E-state index contributed by atoms with van der Waals surface area (Å²) in [6, 6.07) is 11.0. The van der Waals surface area contributed by atoms with E-state index in [1.54, 1.807) is 14.2 Å². The van der Waals surface area contributed by atoms with Gasteiger partial charge in [0.05, 0.1) is 19.8 Å². The van der Waals surface area contributed by atoms with E-state index in [9.17, 15) is 4.79 Å². The van der Waals surface area contributed by atoms with Crippen LogP contribution >= 0.6 is 0 Å². The van der Waals surface area contributed by atoms with Crippen LogP contribution in [-0.4, -0.2) is 20.5 Å². The lowest BCUT2D eigenvalue weighted by Crippen LogP contribution is -2.23. The minimum Gasteiger partial charge on any atom is -0.496 e. The van der Waals surface area contributed by atoms with Crippen LogP contribution in [-0.2, 0) is 12.8 Å². The molecule has 2 atom stereocenters. The van der Waals surface area contributed by atoms with Gasteiger partial charge in [0.15, 0.2) is 6.29 Å². The van der Waals surface area contributed by atoms with Gasteiger partial charge in [0.25, 0.3) is 0 Å². The van der Waals surface area contributed by atoms with Gasteiger partial charge in [-0.05, 0) is 84.7 Å². The Kier molecular flexibility index (Phi) is 5.20. The smallest absolute Gasteiger partial charge is 0.153 e. The van der Waals surface area contributed by atoms with Crippen molar-refractivity contribution in [2.45, 2.75) is 56.8 Å². The molecule has 4 bridgehead atoms. The summed E-state index contributed by atoms with van der Waals surface area (Å²) in [5.41, 5.74) is 5.86. The third-order valence-electron chi connectivity index (χ3n) is 6.34. The van der Waals surface area contributed by atoms with Crippen LogP contribution in [0.15, 0.2) is 30.3 Å². The molecule has 0 aliphatic heterocycles. The SMILES string of the molecule is COc1ccc2cc1C1CCC1c1cc(cc(C=O)c1OC)CCCCC2. The van der Waals surface area contributed by atoms with Gasteiger partial charge in [-0.1, -0.05) is 24.6 Å². The van der Waals surface area contributed by atoms with Crippen molar-refractivity contribution in [3.8, 4) is 11.5 Å². The van der Waals surface area contributed by atoms with Crippen LogP contribution in [0.3, 0.4) is 0 Å². The summed E-state index contributed by atoms with van der Waals surface area (Å²) in [5, 5.41) is 0. The molecule has 2 unspecified atom stereocenters. The van der Waals surface area contributed by atoms with Crippen LogP contribution in [0.2, 0.25) is 0 Å². The second-order valence-corrected chi connectivity index (χ2v) is 7.85. The minimum absolute atomic E-state index is 0.378. The number of ether oxygens (including phenoxy) is 2. The topological polar surface area (TPSA) is 35.5 Å². The predicted molar refractivity (Wildman–Crippen MR) is 107 cm³/mol. The standard InChI is InChI=1S/C24H28O3/c1-26-23-11-8-16-6-4-3-5-7-17-12-18(15-25)24(27-2)22(14-17)20-10-9-19(20)21(23)13-16/h8,11-15,19-20H,3-7,9-10H2,1-2H3. The zero-order valence-corrected chi connectivity index (χ0v) is 16.3. The molecule has 0 N–H and O–H groups in total. The first-order valence-corrected chi connectivity index (χ1v) is 10.1. The first-order valence-electron chi connectivity index (χ1n) is 10.1. The van der Waals surface area contributed by atoms with Gasteiger partial charge in [-0.2, -0.15) is 0 Å². The quantitative estimate of drug-likeness (QED) is 0.680. The molecule has 0 spiro atoms. The first kappa shape index (κ1) is 18.1. The summed E-state index contributed by atoms with van der Waals surface area (Å²) >= 11 is 0. The van der Waals surface area contributed by atoms with E-state index < -0.39 is 0 Å². The number of methoxy groups -OCH3 is 2. The van der Waals surface area contributed by atoms with Crippen molar-refractivity contribution < 1.29 is 14.3 Å². The number of fused-ring (bicyclic) bond motifs is 7. The van der Waals surface area contributed by atoms with Gasteiger partial charge in [0, 0.05) is 0 Å². The fourth-order valence-electron chi connectivity index (χ4n) is 4.79. The fraction of sp³-hybridized carbons (Fsp3) is 0.458. The van der Waals surface area contributed by atoms with Gasteiger partial charge in [0.1, 0.15) is 11.5 Å². The van der Waals surface area contributed by atoms with E-state index in [1.165, 1.54) is 35.1 Å². The average molecular weight is 364 g/mol. The highest BCUT2D eigenvalue weighted by Crippen LogP contribution is 2.54. The summed E-state index contributed by atoms with van der Waals surface area (Å²) in [4.78, 5) is 11.7. The second kappa shape index (κ2) is 7.75. The highest BCUT2D eigenvalue weighted by molar-refractivity contribution is 5.81. The largest absolute Gasteiger partial charge is 0.496 e. The molecular formula is C24H28O3. The Hall–Kier alpha value is -2.29. The van der Waals surface area contributed by atoms with Gasteiger partial charge in [-0.25, -0.2) is 0 Å². The van der Waals surface area contributed by atoms with Crippen LogP contribution < -0.4 is 9.47 Å². The number of hydrogen-bond donors (Lipinski definition) is 0. The Morgan fingerprint density at radius 1 is 0.852 bits per heavy atom. The monoisotopic (exact) mass is 364 g/mol. The zero-order chi connectivity index (χ0) is 18.8. The van der Waals surface area contributed by atoms with Gasteiger partial charge >= 0.3 is 0 Å². The van der Waals surface area contributed by atoms with E-state index in [0.29, 0.717) is 17.4 Å². The molecule has 2 aliphatic rings. The van der Waals surface area contributed by atoms with Gasteiger partial charge in [0.2, 0.25) is 0 Å². The van der Waals surface area contributed by atoms with Gasteiger partial charge in [-0.3, -0.25) is 4.79 Å². The normalized spacial score (nSPS) is 21.6. The Bertz CT molecular complexity index is 840. The van der Waals surface area contributed by atoms with E-state index >= 15 is 0 Å². The maximum absolute atomic E-state index is 11.7. The molecule has 0 saturated heterocycles. The lowest BCUT2D eigenvalue weighted by atomic mass is 9.66. The maximum atomic E-state index is 11.7. The maximum Gasteiger partial charge on any atom is 0.153 e. The van der Waals surface area contributed by atoms with Crippen LogP contribution in [0.25, 0.3) is 0 Å². The molecule has 1 saturated carbocycles. The van der Waals surface area contributed by atoms with Crippen molar-refractivity contribution in [2.75, 3.05) is 14.2 Å². The Labute approximate surface area is 161 Å². The molecular weight excluding hydrogens is 336 g/mol. The molecule has 2 aromatic rings. The fourth-order valence-corrected chi connectivity index (χ4v) is 4.79. The predicted octanol–water partition coefficient (Wildman–Crippen LogP) is 5.45. The average Bonchev–Trinajstić information content (AvgIpc) is 2.66. The highest BCUT2D eigenvalue weighted by atomic mass is 16.5. The third-order valence-corrected chi connectivity index (χ3v) is 6.34. The molecule has 1 fully saturated rings. The number of carbonyl (C=O) groups excluding carboxylic acids is 1. The molecule has 3 heteroatoms. The second-order valence-electron chi connectivity index (χ2n) is 7.85. The molecule has 0 amide bonds. The number of hydrogen-bond acceptors (Lipinski definition) is 3. The lowest BCUT2D eigenvalue weighted by molar-refractivity contribution is 0.112. The Morgan fingerprint density at radius 2 is 1.56 bits per heavy atom. The number of rotatable bonds is 3. The van der Waals surface area contributed by atoms with Crippen LogP contribution in [0.5, 0.6) is 11.5 Å². The number of aryl methyl sites for hydroxylation is 2. The van der Waals surface area contributed by atoms with Crippen LogP contribution in [0, 0.1) is 0 Å². The van der Waals surface area contributed by atoms with Crippen LogP contribution in [0.1, 0.15) is 76.6 Å². The highest BCUT2D eigenvalue weighted by Gasteiger charge is 2.37. The van der Waals surface area contributed by atoms with Crippen molar-refractivity contribution in [1.82, 2.24) is 0 Å². The number of benzene rings is 2. The molecule has 0 aromatic heterocycles. The van der Waals surface area contributed by atoms with E-state index in [0.717, 1.165) is 49.9 Å². The molecule has 4 rings (SSSR count). The van der Waals surface area contributed by atoms with Crippen LogP contribution in [0.4, 0.5) is 0 Å². The summed E-state index contributed by atoms with van der Waals surface area (Å²) < 4.78 is 11.4. The molecule has 27 heavy (non-hydrogen) atoms. The summed E-state index contributed by atoms with van der Waals surface area (Å²) in [6.07, 6.45) is 8.91. The zero-order valence-electron chi connectivity index (χ0n) is 16.3. The van der Waals surface area contributed by atoms with Crippen molar-refractivity contribution >= 4 is 6.29 Å². The number of aldehydes is 1. The molecule has 142 valence electrons. The molecule has 2 aromatic carbocycles. The molecule has 0 heterocycles. The first-order chi connectivity index (χ1) is 13.2.